The van der Waals surface area contributed by atoms with E-state index >= 15 is 0 Å². The molecule has 0 aliphatic carbocycles. The molecule has 1 aromatic rings. The molecule has 126 valence electrons. The summed E-state index contributed by atoms with van der Waals surface area (Å²) in [6.07, 6.45) is 15.9. The van der Waals surface area contributed by atoms with Crippen LogP contribution in [-0.4, -0.2) is 19.8 Å². The lowest BCUT2D eigenvalue weighted by molar-refractivity contribution is 0.274. The first kappa shape index (κ1) is 19.3. The number of benzene rings is 1. The average Bonchev–Trinajstić information content (AvgIpc) is 2.54. The third kappa shape index (κ3) is 4.91. The minimum Gasteiger partial charge on any atom is -0.477 e. The van der Waals surface area contributed by atoms with Crippen LogP contribution in [0.4, 0.5) is 0 Å². The lowest BCUT2D eigenvalue weighted by Crippen LogP contribution is -2.17. The molecule has 0 spiro atoms. The quantitative estimate of drug-likeness (QED) is 0.713. The Morgan fingerprint density at radius 2 is 1.38 bits per heavy atom. The van der Waals surface area contributed by atoms with Crippen LogP contribution < -0.4 is 14.2 Å². The maximum absolute atomic E-state index is 5.79. The average molecular weight is 324 g/mol. The van der Waals surface area contributed by atoms with Gasteiger partial charge in [-0.15, -0.1) is 19.3 Å². The van der Waals surface area contributed by atoms with Crippen molar-refractivity contribution >= 4 is 0 Å². The fourth-order valence-electron chi connectivity index (χ4n) is 2.11. The van der Waals surface area contributed by atoms with Crippen LogP contribution >= 0.6 is 0 Å². The minimum atomic E-state index is 0.0266. The number of ether oxygens (including phenoxy) is 3. The molecule has 3 nitrogen and oxygen atoms in total. The SMILES string of the molecule is C#CCOc1ccc(C(C)C(C)(C)C)c(OCC#C)c1OCC#C. The lowest BCUT2D eigenvalue weighted by atomic mass is 9.77. The van der Waals surface area contributed by atoms with Crippen molar-refractivity contribution in [3.8, 4) is 54.3 Å². The highest BCUT2D eigenvalue weighted by atomic mass is 16.5. The van der Waals surface area contributed by atoms with Gasteiger partial charge in [0, 0.05) is 5.56 Å². The highest BCUT2D eigenvalue weighted by Gasteiger charge is 2.28. The van der Waals surface area contributed by atoms with E-state index in [2.05, 4.69) is 45.5 Å². The van der Waals surface area contributed by atoms with E-state index in [1.807, 2.05) is 12.1 Å². The van der Waals surface area contributed by atoms with Crippen molar-refractivity contribution in [2.24, 2.45) is 5.41 Å². The van der Waals surface area contributed by atoms with Crippen LogP contribution in [-0.2, 0) is 0 Å². The van der Waals surface area contributed by atoms with Crippen LogP contribution in [0.1, 0.15) is 39.2 Å². The van der Waals surface area contributed by atoms with Crippen molar-refractivity contribution in [1.29, 1.82) is 0 Å². The fourth-order valence-corrected chi connectivity index (χ4v) is 2.11. The van der Waals surface area contributed by atoms with Crippen molar-refractivity contribution in [3.05, 3.63) is 17.7 Å². The van der Waals surface area contributed by atoms with Gasteiger partial charge in [0.25, 0.3) is 0 Å². The molecule has 0 N–H and O–H groups in total. The standard InChI is InChI=1S/C21H24O3/c1-8-13-22-18-12-11-17(16(4)21(5,6)7)19(23-14-9-2)20(18)24-15-10-3/h1-3,11-12,16H,13-15H2,4-7H3. The summed E-state index contributed by atoms with van der Waals surface area (Å²) in [5.74, 6) is 9.03. The van der Waals surface area contributed by atoms with Crippen molar-refractivity contribution < 1.29 is 14.2 Å². The molecule has 1 rings (SSSR count). The van der Waals surface area contributed by atoms with Crippen LogP contribution in [0.15, 0.2) is 12.1 Å². The molecule has 1 unspecified atom stereocenters. The number of rotatable bonds is 7. The molecule has 1 atom stereocenters. The molecule has 0 amide bonds. The van der Waals surface area contributed by atoms with Gasteiger partial charge in [0.1, 0.15) is 19.8 Å². The molecule has 3 heteroatoms. The number of terminal acetylenes is 3. The van der Waals surface area contributed by atoms with Crippen molar-refractivity contribution in [3.63, 3.8) is 0 Å². The predicted octanol–water partition coefficient (Wildman–Crippen LogP) is 3.87. The van der Waals surface area contributed by atoms with Gasteiger partial charge in [-0.05, 0) is 17.4 Å². The molecule has 0 saturated heterocycles. The Labute approximate surface area is 145 Å². The van der Waals surface area contributed by atoms with Crippen LogP contribution in [0.3, 0.4) is 0 Å². The van der Waals surface area contributed by atoms with Gasteiger partial charge < -0.3 is 14.2 Å². The van der Waals surface area contributed by atoms with Gasteiger partial charge in [0.15, 0.2) is 11.5 Å². The molecule has 0 saturated carbocycles. The van der Waals surface area contributed by atoms with Crippen molar-refractivity contribution in [1.82, 2.24) is 0 Å². The van der Waals surface area contributed by atoms with Gasteiger partial charge in [-0.25, -0.2) is 0 Å². The Balaban J connectivity index is 3.46. The van der Waals surface area contributed by atoms with Gasteiger partial charge >= 0.3 is 0 Å². The van der Waals surface area contributed by atoms with Crippen molar-refractivity contribution in [2.45, 2.75) is 33.6 Å². The zero-order valence-corrected chi connectivity index (χ0v) is 14.8. The van der Waals surface area contributed by atoms with E-state index in [1.54, 1.807) is 0 Å². The largest absolute Gasteiger partial charge is 0.477 e. The zero-order chi connectivity index (χ0) is 18.2. The van der Waals surface area contributed by atoms with Gasteiger partial charge in [0.2, 0.25) is 5.75 Å². The topological polar surface area (TPSA) is 27.7 Å². The predicted molar refractivity (Wildman–Crippen MR) is 97.3 cm³/mol. The maximum atomic E-state index is 5.79. The van der Waals surface area contributed by atoms with Gasteiger partial charge in [-0.1, -0.05) is 51.5 Å². The molecule has 0 radical (unpaired) electrons. The molecule has 0 aliphatic heterocycles. The van der Waals surface area contributed by atoms with E-state index < -0.39 is 0 Å². The minimum absolute atomic E-state index is 0.0266. The Hall–Kier alpha value is -2.70. The molecular weight excluding hydrogens is 300 g/mol. The van der Waals surface area contributed by atoms with E-state index in [0.717, 1.165) is 5.56 Å². The Morgan fingerprint density at radius 1 is 0.875 bits per heavy atom. The van der Waals surface area contributed by atoms with Gasteiger partial charge in [-0.2, -0.15) is 0 Å². The highest BCUT2D eigenvalue weighted by molar-refractivity contribution is 5.57. The second-order valence-electron chi connectivity index (χ2n) is 6.38. The molecule has 0 aromatic heterocycles. The second-order valence-corrected chi connectivity index (χ2v) is 6.38. The first-order chi connectivity index (χ1) is 11.4. The summed E-state index contributed by atoms with van der Waals surface area (Å²) in [5.41, 5.74) is 1.01. The monoisotopic (exact) mass is 324 g/mol. The van der Waals surface area contributed by atoms with Crippen LogP contribution in [0.25, 0.3) is 0 Å². The molecular formula is C21H24O3. The Bertz CT molecular complexity index is 675. The molecule has 0 fully saturated rings. The summed E-state index contributed by atoms with van der Waals surface area (Å²) in [4.78, 5) is 0. The van der Waals surface area contributed by atoms with E-state index in [-0.39, 0.29) is 31.2 Å². The summed E-state index contributed by atoms with van der Waals surface area (Å²) in [7, 11) is 0. The van der Waals surface area contributed by atoms with Crippen LogP contribution in [0.2, 0.25) is 0 Å². The fraction of sp³-hybridized carbons (Fsp3) is 0.429. The summed E-state index contributed by atoms with van der Waals surface area (Å²) in [6, 6.07) is 3.78. The smallest absolute Gasteiger partial charge is 0.204 e. The first-order valence-corrected chi connectivity index (χ1v) is 7.72. The van der Waals surface area contributed by atoms with Crippen LogP contribution in [0.5, 0.6) is 17.2 Å². The van der Waals surface area contributed by atoms with E-state index in [9.17, 15) is 0 Å². The third-order valence-corrected chi connectivity index (χ3v) is 3.78. The number of hydrogen-bond acceptors (Lipinski definition) is 3. The Kier molecular flexibility index (Phi) is 7.10. The van der Waals surface area contributed by atoms with Gasteiger partial charge in [-0.3, -0.25) is 0 Å². The normalized spacial score (nSPS) is 11.5. The Morgan fingerprint density at radius 3 is 1.88 bits per heavy atom. The van der Waals surface area contributed by atoms with E-state index in [1.165, 1.54) is 0 Å². The summed E-state index contributed by atoms with van der Waals surface area (Å²) in [6.45, 7) is 8.94. The summed E-state index contributed by atoms with van der Waals surface area (Å²) < 4.78 is 17.0. The maximum Gasteiger partial charge on any atom is 0.204 e. The van der Waals surface area contributed by atoms with Crippen LogP contribution in [0, 0.1) is 42.4 Å². The molecule has 0 aliphatic rings. The van der Waals surface area contributed by atoms with Gasteiger partial charge in [0.05, 0.1) is 0 Å². The summed E-state index contributed by atoms with van der Waals surface area (Å²) >= 11 is 0. The zero-order valence-electron chi connectivity index (χ0n) is 14.8. The van der Waals surface area contributed by atoms with E-state index in [4.69, 9.17) is 33.5 Å². The summed E-state index contributed by atoms with van der Waals surface area (Å²) in [5, 5.41) is 0. The molecule has 0 heterocycles. The molecule has 24 heavy (non-hydrogen) atoms. The van der Waals surface area contributed by atoms with Crippen molar-refractivity contribution in [2.75, 3.05) is 19.8 Å². The molecule has 0 bridgehead atoms. The third-order valence-electron chi connectivity index (χ3n) is 3.78. The highest BCUT2D eigenvalue weighted by Crippen LogP contribution is 2.47. The first-order valence-electron chi connectivity index (χ1n) is 7.72. The molecule has 1 aromatic carbocycles. The van der Waals surface area contributed by atoms with E-state index in [0.29, 0.717) is 17.2 Å². The second kappa shape index (κ2) is 8.81. The lowest BCUT2D eigenvalue weighted by Gasteiger charge is -2.30. The number of hydrogen-bond donors (Lipinski definition) is 0.